The van der Waals surface area contributed by atoms with Gasteiger partial charge in [0.05, 0.1) is 16.6 Å². The van der Waals surface area contributed by atoms with Crippen molar-refractivity contribution in [3.63, 3.8) is 0 Å². The van der Waals surface area contributed by atoms with Crippen molar-refractivity contribution < 1.29 is 9.90 Å². The number of carbonyl (C=O) groups excluding carboxylic acids is 1. The zero-order valence-electron chi connectivity index (χ0n) is 11.3. The first-order valence-corrected chi connectivity index (χ1v) is 7.52. The summed E-state index contributed by atoms with van der Waals surface area (Å²) < 4.78 is 1.09. The first-order valence-electron chi connectivity index (χ1n) is 6.70. The maximum absolute atomic E-state index is 12.1. The summed E-state index contributed by atoms with van der Waals surface area (Å²) in [6.07, 6.45) is 1.02. The summed E-state index contributed by atoms with van der Waals surface area (Å²) in [5.41, 5.74) is 0.923. The lowest BCUT2D eigenvalue weighted by Gasteiger charge is -2.18. The predicted octanol–water partition coefficient (Wildman–Crippen LogP) is 3.21. The number of fused-ring (bicyclic) bond motifs is 1. The second kappa shape index (κ2) is 6.26. The van der Waals surface area contributed by atoms with E-state index in [1.165, 1.54) is 11.3 Å². The minimum Gasteiger partial charge on any atom is -0.385 e. The summed E-state index contributed by atoms with van der Waals surface area (Å²) in [5, 5.41) is 10.8. The molecule has 0 aliphatic heterocycles. The molecular weight excluding hydrogens is 258 g/mol. The van der Waals surface area contributed by atoms with Crippen LogP contribution in [-0.4, -0.2) is 22.0 Å². The van der Waals surface area contributed by atoms with Crippen LogP contribution in [0.1, 0.15) is 31.7 Å². The molecule has 0 bridgehead atoms. The number of ketones is 1. The number of benzene rings is 1. The van der Waals surface area contributed by atoms with Gasteiger partial charge in [0.15, 0.2) is 5.78 Å². The standard InChI is InChI=1S/C15H19NO2S/c1-3-10(4-2)15(18)12(17)9-14-16-11-7-5-6-8-13(11)19-14/h5-8,10,15,18H,3-4,9H2,1-2H3. The highest BCUT2D eigenvalue weighted by molar-refractivity contribution is 7.18. The van der Waals surface area contributed by atoms with Crippen molar-refractivity contribution in [3.8, 4) is 0 Å². The van der Waals surface area contributed by atoms with Gasteiger partial charge in [-0.05, 0) is 18.1 Å². The molecule has 0 amide bonds. The molecule has 0 spiro atoms. The maximum Gasteiger partial charge on any atom is 0.168 e. The maximum atomic E-state index is 12.1. The van der Waals surface area contributed by atoms with Crippen LogP contribution in [0.25, 0.3) is 10.2 Å². The van der Waals surface area contributed by atoms with Gasteiger partial charge in [-0.2, -0.15) is 0 Å². The molecule has 1 unspecified atom stereocenters. The van der Waals surface area contributed by atoms with E-state index in [4.69, 9.17) is 0 Å². The highest BCUT2D eigenvalue weighted by atomic mass is 32.1. The Bertz CT molecular complexity index is 527. The van der Waals surface area contributed by atoms with Crippen molar-refractivity contribution >= 4 is 27.3 Å². The largest absolute Gasteiger partial charge is 0.385 e. The van der Waals surface area contributed by atoms with Crippen molar-refractivity contribution in [1.29, 1.82) is 0 Å². The van der Waals surface area contributed by atoms with Crippen molar-refractivity contribution in [2.75, 3.05) is 0 Å². The van der Waals surface area contributed by atoms with Crippen LogP contribution >= 0.6 is 11.3 Å². The predicted molar refractivity (Wildman–Crippen MR) is 78.4 cm³/mol. The van der Waals surface area contributed by atoms with Crippen molar-refractivity contribution in [2.45, 2.75) is 39.2 Å². The second-order valence-electron chi connectivity index (χ2n) is 4.74. The Morgan fingerprint density at radius 1 is 1.32 bits per heavy atom. The van der Waals surface area contributed by atoms with Crippen LogP contribution in [0.4, 0.5) is 0 Å². The van der Waals surface area contributed by atoms with Gasteiger partial charge in [0, 0.05) is 0 Å². The fourth-order valence-corrected chi connectivity index (χ4v) is 3.22. The summed E-state index contributed by atoms with van der Waals surface area (Å²) in [7, 11) is 0. The highest BCUT2D eigenvalue weighted by Crippen LogP contribution is 2.23. The van der Waals surface area contributed by atoms with E-state index < -0.39 is 6.10 Å². The number of para-hydroxylation sites is 1. The lowest BCUT2D eigenvalue weighted by Crippen LogP contribution is -2.30. The lowest BCUT2D eigenvalue weighted by atomic mass is 9.93. The first-order chi connectivity index (χ1) is 9.15. The number of aliphatic hydroxyl groups is 1. The molecule has 2 aromatic rings. The van der Waals surface area contributed by atoms with Crippen LogP contribution in [0.15, 0.2) is 24.3 Å². The average molecular weight is 277 g/mol. The van der Waals surface area contributed by atoms with Gasteiger partial charge in [-0.1, -0.05) is 38.8 Å². The molecule has 1 N–H and O–H groups in total. The number of aromatic nitrogens is 1. The third-order valence-corrected chi connectivity index (χ3v) is 4.53. The van der Waals surface area contributed by atoms with Gasteiger partial charge in [0.2, 0.25) is 0 Å². The molecule has 19 heavy (non-hydrogen) atoms. The first kappa shape index (κ1) is 14.2. The van der Waals surface area contributed by atoms with E-state index in [0.29, 0.717) is 0 Å². The third kappa shape index (κ3) is 3.19. The monoisotopic (exact) mass is 277 g/mol. The average Bonchev–Trinajstić information content (AvgIpc) is 2.82. The molecule has 1 heterocycles. The van der Waals surface area contributed by atoms with Crippen LogP contribution in [0.3, 0.4) is 0 Å². The number of nitrogens with zero attached hydrogens (tertiary/aromatic N) is 1. The minimum atomic E-state index is -0.859. The summed E-state index contributed by atoms with van der Waals surface area (Å²) in [6, 6.07) is 7.84. The Kier molecular flexibility index (Phi) is 4.66. The molecule has 102 valence electrons. The molecule has 1 aromatic carbocycles. The van der Waals surface area contributed by atoms with Gasteiger partial charge < -0.3 is 5.11 Å². The number of thiazole rings is 1. The Hall–Kier alpha value is -1.26. The van der Waals surface area contributed by atoms with Gasteiger partial charge in [0.25, 0.3) is 0 Å². The van der Waals surface area contributed by atoms with Crippen molar-refractivity contribution in [2.24, 2.45) is 5.92 Å². The van der Waals surface area contributed by atoms with E-state index in [-0.39, 0.29) is 18.1 Å². The van der Waals surface area contributed by atoms with Crippen LogP contribution in [0, 0.1) is 5.92 Å². The third-order valence-electron chi connectivity index (χ3n) is 3.49. The Balaban J connectivity index is 2.09. The topological polar surface area (TPSA) is 50.2 Å². The van der Waals surface area contributed by atoms with Gasteiger partial charge in [-0.15, -0.1) is 11.3 Å². The molecule has 0 aliphatic rings. The Labute approximate surface area is 117 Å². The van der Waals surface area contributed by atoms with E-state index in [1.54, 1.807) is 0 Å². The summed E-state index contributed by atoms with van der Waals surface area (Å²) >= 11 is 1.53. The van der Waals surface area contributed by atoms with Gasteiger partial charge >= 0.3 is 0 Å². The number of rotatable bonds is 6. The van der Waals surface area contributed by atoms with Crippen LogP contribution in [-0.2, 0) is 11.2 Å². The summed E-state index contributed by atoms with van der Waals surface area (Å²) in [4.78, 5) is 16.5. The molecule has 0 aliphatic carbocycles. The molecule has 1 atom stereocenters. The molecule has 4 heteroatoms. The molecular formula is C15H19NO2S. The number of hydrogen-bond donors (Lipinski definition) is 1. The second-order valence-corrected chi connectivity index (χ2v) is 5.86. The number of Topliss-reactive ketones (excluding diaryl/α,β-unsaturated/α-hetero) is 1. The smallest absolute Gasteiger partial charge is 0.168 e. The highest BCUT2D eigenvalue weighted by Gasteiger charge is 2.24. The fraction of sp³-hybridized carbons (Fsp3) is 0.467. The van der Waals surface area contributed by atoms with E-state index in [1.807, 2.05) is 38.1 Å². The fourth-order valence-electron chi connectivity index (χ4n) is 2.25. The molecule has 0 saturated carbocycles. The molecule has 2 rings (SSSR count). The molecule has 0 radical (unpaired) electrons. The van der Waals surface area contributed by atoms with Crippen molar-refractivity contribution in [3.05, 3.63) is 29.3 Å². The van der Waals surface area contributed by atoms with E-state index >= 15 is 0 Å². The molecule has 3 nitrogen and oxygen atoms in total. The van der Waals surface area contributed by atoms with E-state index in [0.717, 1.165) is 28.1 Å². The number of hydrogen-bond acceptors (Lipinski definition) is 4. The van der Waals surface area contributed by atoms with Gasteiger partial charge in [-0.3, -0.25) is 4.79 Å². The minimum absolute atomic E-state index is 0.0573. The number of aliphatic hydroxyl groups excluding tert-OH is 1. The zero-order chi connectivity index (χ0) is 13.8. The van der Waals surface area contributed by atoms with E-state index in [2.05, 4.69) is 4.98 Å². The Morgan fingerprint density at radius 3 is 2.63 bits per heavy atom. The zero-order valence-corrected chi connectivity index (χ0v) is 12.1. The normalized spacial score (nSPS) is 13.1. The van der Waals surface area contributed by atoms with Crippen LogP contribution in [0.2, 0.25) is 0 Å². The van der Waals surface area contributed by atoms with Gasteiger partial charge in [0.1, 0.15) is 11.1 Å². The molecule has 0 fully saturated rings. The van der Waals surface area contributed by atoms with E-state index in [9.17, 15) is 9.90 Å². The number of carbonyl (C=O) groups is 1. The summed E-state index contributed by atoms with van der Waals surface area (Å²) in [5.74, 6) is -0.0605. The van der Waals surface area contributed by atoms with Gasteiger partial charge in [-0.25, -0.2) is 4.98 Å². The summed E-state index contributed by atoms with van der Waals surface area (Å²) in [6.45, 7) is 4.00. The SMILES string of the molecule is CCC(CC)C(O)C(=O)Cc1nc2ccccc2s1. The van der Waals surface area contributed by atoms with Crippen LogP contribution < -0.4 is 0 Å². The van der Waals surface area contributed by atoms with Crippen LogP contribution in [0.5, 0.6) is 0 Å². The Morgan fingerprint density at radius 2 is 2.00 bits per heavy atom. The molecule has 1 aromatic heterocycles. The lowest BCUT2D eigenvalue weighted by molar-refractivity contribution is -0.129. The molecule has 0 saturated heterocycles. The quantitative estimate of drug-likeness (QED) is 0.882. The van der Waals surface area contributed by atoms with Crippen molar-refractivity contribution in [1.82, 2.24) is 4.98 Å².